The van der Waals surface area contributed by atoms with Crippen molar-refractivity contribution >= 4 is 17.7 Å². The topological polar surface area (TPSA) is 45.7 Å². The molecule has 0 aliphatic rings. The fourth-order valence-electron chi connectivity index (χ4n) is 1.88. The summed E-state index contributed by atoms with van der Waals surface area (Å²) in [6.07, 6.45) is 2.39. The fourth-order valence-corrected chi connectivity index (χ4v) is 2.10. The number of nitrogens with zero attached hydrogens (tertiary/aromatic N) is 1. The summed E-state index contributed by atoms with van der Waals surface area (Å²) in [5, 5.41) is 6.73. The molecule has 0 saturated carbocycles. The quantitative estimate of drug-likeness (QED) is 0.525. The Morgan fingerprint density at radius 2 is 1.79 bits per heavy atom. The van der Waals surface area contributed by atoms with Crippen LogP contribution in [0.2, 0.25) is 0 Å². The second-order valence-electron chi connectivity index (χ2n) is 6.69. The average molecular weight is 352 g/mol. The Hall–Kier alpha value is -1.20. The van der Waals surface area contributed by atoms with E-state index in [1.807, 2.05) is 11.8 Å². The normalized spacial score (nSPS) is 12.5. The molecule has 0 aliphatic heterocycles. The maximum Gasteiger partial charge on any atom is 0.191 e. The molecule has 0 heterocycles. The maximum absolute atomic E-state index is 5.62. The lowest BCUT2D eigenvalue weighted by atomic mass is 10.1. The van der Waals surface area contributed by atoms with E-state index in [1.54, 1.807) is 0 Å². The van der Waals surface area contributed by atoms with Gasteiger partial charge in [-0.25, -0.2) is 4.99 Å². The van der Waals surface area contributed by atoms with Gasteiger partial charge < -0.3 is 15.4 Å². The Balaban J connectivity index is 2.58. The van der Waals surface area contributed by atoms with Crippen LogP contribution in [0, 0.1) is 0 Å². The Labute approximate surface area is 151 Å². The molecule has 136 valence electrons. The third-order valence-corrected chi connectivity index (χ3v) is 4.85. The lowest BCUT2D eigenvalue weighted by Crippen LogP contribution is -2.43. The number of guanidine groups is 1. The van der Waals surface area contributed by atoms with Crippen molar-refractivity contribution in [2.24, 2.45) is 4.99 Å². The van der Waals surface area contributed by atoms with Gasteiger partial charge in [0.2, 0.25) is 0 Å². The van der Waals surface area contributed by atoms with Crippen LogP contribution in [0.25, 0.3) is 0 Å². The molecule has 0 fully saturated rings. The van der Waals surface area contributed by atoms with Crippen molar-refractivity contribution in [3.63, 3.8) is 0 Å². The first-order chi connectivity index (χ1) is 11.4. The Morgan fingerprint density at radius 1 is 1.17 bits per heavy atom. The van der Waals surface area contributed by atoms with Gasteiger partial charge in [0, 0.05) is 17.8 Å². The lowest BCUT2D eigenvalue weighted by Gasteiger charge is -2.23. The van der Waals surface area contributed by atoms with Crippen LogP contribution in [0.4, 0.5) is 0 Å². The molecule has 0 bridgehead atoms. The summed E-state index contributed by atoms with van der Waals surface area (Å²) in [6.45, 7) is 13.7. The first-order valence-electron chi connectivity index (χ1n) is 8.63. The van der Waals surface area contributed by atoms with Crippen LogP contribution >= 0.6 is 11.8 Å². The molecule has 4 nitrogen and oxygen atoms in total. The van der Waals surface area contributed by atoms with Crippen LogP contribution in [0.3, 0.4) is 0 Å². The Kier molecular flexibility index (Phi) is 9.22. The number of ether oxygens (including phenoxy) is 1. The van der Waals surface area contributed by atoms with E-state index in [4.69, 9.17) is 4.74 Å². The second-order valence-corrected chi connectivity index (χ2v) is 8.20. The first-order valence-corrected chi connectivity index (χ1v) is 9.85. The molecular weight excluding hydrogens is 318 g/mol. The molecule has 1 aromatic rings. The standard InChI is InChI=1S/C19H33N3OS/c1-7-20-18(22-14-19(4,5)24-6)21-12-16-8-10-17(11-9-16)13-23-15(2)3/h8-11,15H,7,12-14H2,1-6H3,(H2,20,21,22). The Bertz CT molecular complexity index is 498. The number of nitrogens with one attached hydrogen (secondary N) is 2. The van der Waals surface area contributed by atoms with Gasteiger partial charge >= 0.3 is 0 Å². The van der Waals surface area contributed by atoms with Gasteiger partial charge in [0.05, 0.1) is 19.3 Å². The van der Waals surface area contributed by atoms with E-state index in [1.165, 1.54) is 11.1 Å². The lowest BCUT2D eigenvalue weighted by molar-refractivity contribution is 0.0657. The minimum atomic E-state index is 0.189. The summed E-state index contributed by atoms with van der Waals surface area (Å²) in [5.74, 6) is 0.867. The number of hydrogen-bond donors (Lipinski definition) is 2. The summed E-state index contributed by atoms with van der Waals surface area (Å²) < 4.78 is 5.81. The van der Waals surface area contributed by atoms with Crippen molar-refractivity contribution in [3.8, 4) is 0 Å². The van der Waals surface area contributed by atoms with Gasteiger partial charge in [-0.3, -0.25) is 0 Å². The summed E-state index contributed by atoms with van der Waals surface area (Å²) in [7, 11) is 0. The molecule has 2 N–H and O–H groups in total. The summed E-state index contributed by atoms with van der Waals surface area (Å²) >= 11 is 1.85. The van der Waals surface area contributed by atoms with E-state index >= 15 is 0 Å². The SMILES string of the molecule is CCNC(=NCc1ccc(COC(C)C)cc1)NCC(C)(C)SC. The van der Waals surface area contributed by atoms with Crippen LogP contribution in [-0.4, -0.2) is 36.2 Å². The summed E-state index contributed by atoms with van der Waals surface area (Å²) in [5.41, 5.74) is 2.40. The van der Waals surface area contributed by atoms with E-state index in [2.05, 4.69) is 80.8 Å². The minimum absolute atomic E-state index is 0.189. The van der Waals surface area contributed by atoms with Gasteiger partial charge in [0.15, 0.2) is 5.96 Å². The molecular formula is C19H33N3OS. The molecule has 0 aromatic heterocycles. The average Bonchev–Trinajstić information content (AvgIpc) is 2.56. The largest absolute Gasteiger partial charge is 0.374 e. The number of rotatable bonds is 9. The van der Waals surface area contributed by atoms with E-state index in [0.29, 0.717) is 13.2 Å². The van der Waals surface area contributed by atoms with E-state index in [-0.39, 0.29) is 10.9 Å². The molecule has 1 aromatic carbocycles. The monoisotopic (exact) mass is 351 g/mol. The third kappa shape index (κ3) is 8.60. The second kappa shape index (κ2) is 10.6. The van der Waals surface area contributed by atoms with Crippen LogP contribution in [-0.2, 0) is 17.9 Å². The number of benzene rings is 1. The van der Waals surface area contributed by atoms with E-state index < -0.39 is 0 Å². The molecule has 5 heteroatoms. The van der Waals surface area contributed by atoms with Crippen LogP contribution in [0.1, 0.15) is 45.7 Å². The van der Waals surface area contributed by atoms with E-state index in [9.17, 15) is 0 Å². The van der Waals surface area contributed by atoms with Crippen molar-refractivity contribution in [2.75, 3.05) is 19.3 Å². The fraction of sp³-hybridized carbons (Fsp3) is 0.632. The van der Waals surface area contributed by atoms with Crippen LogP contribution in [0.5, 0.6) is 0 Å². The minimum Gasteiger partial charge on any atom is -0.374 e. The molecule has 0 spiro atoms. The van der Waals surface area contributed by atoms with Gasteiger partial charge in [0.1, 0.15) is 0 Å². The molecule has 0 radical (unpaired) electrons. The molecule has 0 amide bonds. The zero-order chi connectivity index (χ0) is 18.0. The molecule has 0 unspecified atom stereocenters. The van der Waals surface area contributed by atoms with Crippen molar-refractivity contribution in [2.45, 2.75) is 58.6 Å². The first kappa shape index (κ1) is 20.8. The van der Waals surface area contributed by atoms with Gasteiger partial charge in [-0.15, -0.1) is 0 Å². The van der Waals surface area contributed by atoms with Gasteiger partial charge in [0.25, 0.3) is 0 Å². The maximum atomic E-state index is 5.62. The van der Waals surface area contributed by atoms with Gasteiger partial charge in [-0.05, 0) is 52.0 Å². The van der Waals surface area contributed by atoms with Gasteiger partial charge in [-0.1, -0.05) is 24.3 Å². The van der Waals surface area contributed by atoms with Crippen molar-refractivity contribution in [1.29, 1.82) is 0 Å². The van der Waals surface area contributed by atoms with Crippen molar-refractivity contribution in [3.05, 3.63) is 35.4 Å². The van der Waals surface area contributed by atoms with E-state index in [0.717, 1.165) is 19.0 Å². The van der Waals surface area contributed by atoms with Crippen molar-refractivity contribution < 1.29 is 4.74 Å². The number of hydrogen-bond acceptors (Lipinski definition) is 3. The third-order valence-electron chi connectivity index (χ3n) is 3.60. The zero-order valence-electron chi connectivity index (χ0n) is 16.0. The van der Waals surface area contributed by atoms with Gasteiger partial charge in [-0.2, -0.15) is 11.8 Å². The highest BCUT2D eigenvalue weighted by molar-refractivity contribution is 7.99. The zero-order valence-corrected chi connectivity index (χ0v) is 16.8. The molecule has 24 heavy (non-hydrogen) atoms. The highest BCUT2D eigenvalue weighted by Gasteiger charge is 2.15. The smallest absolute Gasteiger partial charge is 0.191 e. The summed E-state index contributed by atoms with van der Waals surface area (Å²) in [4.78, 5) is 4.68. The molecule has 0 aliphatic carbocycles. The predicted octanol–water partition coefficient (Wildman–Crippen LogP) is 3.81. The highest BCUT2D eigenvalue weighted by atomic mass is 32.2. The molecule has 1 rings (SSSR count). The molecule has 0 saturated heterocycles. The summed E-state index contributed by atoms with van der Waals surface area (Å²) in [6, 6.07) is 8.48. The number of thioether (sulfide) groups is 1. The Morgan fingerprint density at radius 3 is 2.33 bits per heavy atom. The van der Waals surface area contributed by atoms with Crippen molar-refractivity contribution in [1.82, 2.24) is 10.6 Å². The molecule has 0 atom stereocenters. The predicted molar refractivity (Wildman–Crippen MR) is 107 cm³/mol. The number of aliphatic imine (C=N–C) groups is 1. The van der Waals surface area contributed by atoms with Crippen LogP contribution < -0.4 is 10.6 Å². The van der Waals surface area contributed by atoms with Crippen LogP contribution in [0.15, 0.2) is 29.3 Å². The highest BCUT2D eigenvalue weighted by Crippen LogP contribution is 2.19.